The maximum Gasteiger partial charge on any atom is 0.433 e. The topological polar surface area (TPSA) is 85.9 Å². The van der Waals surface area contributed by atoms with Crippen LogP contribution in [0.3, 0.4) is 0 Å². The zero-order chi connectivity index (χ0) is 24.3. The zero-order valence-electron chi connectivity index (χ0n) is 17.7. The van der Waals surface area contributed by atoms with Crippen LogP contribution in [-0.4, -0.2) is 54.1 Å². The van der Waals surface area contributed by atoms with E-state index in [9.17, 15) is 31.5 Å². The molecule has 0 aliphatic carbocycles. The van der Waals surface area contributed by atoms with Crippen molar-refractivity contribution in [3.8, 4) is 0 Å². The molecule has 1 atom stereocenters. The van der Waals surface area contributed by atoms with E-state index in [2.05, 4.69) is 15.1 Å². The van der Waals surface area contributed by atoms with E-state index in [0.29, 0.717) is 18.2 Å². The molecule has 0 radical (unpaired) electrons. The van der Waals surface area contributed by atoms with E-state index in [0.717, 1.165) is 14.1 Å². The Hall–Kier alpha value is -3.38. The van der Waals surface area contributed by atoms with E-state index in [1.807, 2.05) is 0 Å². The number of aryl methyl sites for hydroxylation is 1. The first-order chi connectivity index (χ1) is 16.0. The van der Waals surface area contributed by atoms with E-state index < -0.39 is 54.9 Å². The highest BCUT2D eigenvalue weighted by Crippen LogP contribution is 2.33. The maximum absolute atomic E-state index is 13.7. The highest BCUT2D eigenvalue weighted by atomic mass is 19.4. The average Bonchev–Trinajstić information content (AvgIpc) is 3.31. The number of alkyl halides is 5. The van der Waals surface area contributed by atoms with Crippen LogP contribution in [0.15, 0.2) is 29.2 Å². The first-order valence-electron chi connectivity index (χ1n) is 10.7. The predicted molar refractivity (Wildman–Crippen MR) is 108 cm³/mol. The number of likely N-dealkylation sites (tertiary alicyclic amines) is 1. The second-order valence-electron chi connectivity index (χ2n) is 8.54. The fourth-order valence-electron chi connectivity index (χ4n) is 4.58. The Morgan fingerprint density at radius 1 is 1.26 bits per heavy atom. The number of pyridine rings is 2. The summed E-state index contributed by atoms with van der Waals surface area (Å²) < 4.78 is 70.3. The molecule has 13 heteroatoms. The van der Waals surface area contributed by atoms with Gasteiger partial charge in [-0.3, -0.25) is 9.36 Å². The van der Waals surface area contributed by atoms with Gasteiger partial charge < -0.3 is 4.90 Å². The van der Waals surface area contributed by atoms with E-state index in [1.165, 1.54) is 12.3 Å². The fourth-order valence-corrected chi connectivity index (χ4v) is 4.58. The number of fused-ring (bicyclic) bond motifs is 2. The molecule has 2 aliphatic rings. The van der Waals surface area contributed by atoms with E-state index in [1.54, 1.807) is 12.1 Å². The monoisotopic (exact) mass is 482 g/mol. The van der Waals surface area contributed by atoms with Gasteiger partial charge in [0.25, 0.3) is 5.92 Å². The lowest BCUT2D eigenvalue weighted by Crippen LogP contribution is -2.42. The van der Waals surface area contributed by atoms with Crippen molar-refractivity contribution >= 4 is 16.9 Å². The number of rotatable bonds is 3. The van der Waals surface area contributed by atoms with Crippen molar-refractivity contribution in [1.29, 1.82) is 0 Å². The molecule has 34 heavy (non-hydrogen) atoms. The molecule has 0 N–H and O–H groups in total. The smallest absolute Gasteiger partial charge is 0.335 e. The Morgan fingerprint density at radius 2 is 2.06 bits per heavy atom. The van der Waals surface area contributed by atoms with Gasteiger partial charge >= 0.3 is 11.9 Å². The summed E-state index contributed by atoms with van der Waals surface area (Å²) >= 11 is 0. The molecule has 5 rings (SSSR count). The van der Waals surface area contributed by atoms with Gasteiger partial charge in [0.1, 0.15) is 11.9 Å². The molecule has 0 unspecified atom stereocenters. The summed E-state index contributed by atoms with van der Waals surface area (Å²) in [7, 11) is 0. The van der Waals surface area contributed by atoms with Gasteiger partial charge in [-0.15, -0.1) is 0 Å². The molecule has 1 saturated heterocycles. The minimum Gasteiger partial charge on any atom is -0.335 e. The zero-order valence-corrected chi connectivity index (χ0v) is 17.7. The van der Waals surface area contributed by atoms with Crippen molar-refractivity contribution in [2.24, 2.45) is 0 Å². The minimum atomic E-state index is -4.79. The molecule has 2 aliphatic heterocycles. The van der Waals surface area contributed by atoms with Crippen molar-refractivity contribution < 1.29 is 26.7 Å². The molecule has 0 aromatic carbocycles. The third-order valence-corrected chi connectivity index (χ3v) is 6.15. The Labute approximate surface area is 189 Å². The van der Waals surface area contributed by atoms with Crippen LogP contribution in [0.25, 0.3) is 11.0 Å². The van der Waals surface area contributed by atoms with Crippen molar-refractivity contribution in [3.05, 3.63) is 52.0 Å². The normalized spacial score (nSPS) is 20.0. The quantitative estimate of drug-likeness (QED) is 0.536. The molecular weight excluding hydrogens is 463 g/mol. The van der Waals surface area contributed by atoms with Crippen LogP contribution in [-0.2, 0) is 23.9 Å². The van der Waals surface area contributed by atoms with Crippen LogP contribution in [0.5, 0.6) is 0 Å². The average molecular weight is 482 g/mol. The summed E-state index contributed by atoms with van der Waals surface area (Å²) in [4.78, 5) is 34.6. The van der Waals surface area contributed by atoms with Crippen molar-refractivity contribution in [2.45, 2.75) is 50.4 Å². The molecule has 1 amide bonds. The summed E-state index contributed by atoms with van der Waals surface area (Å²) in [6.07, 6.45) is -2.81. The third-order valence-electron chi connectivity index (χ3n) is 6.15. The molecule has 3 aromatic rings. The SMILES string of the molecule is O=C([C@@H]1CCCc2nn(Cc3cc4cccnc4nc3C(F)(F)F)c(=O)n21)N1CCC(F)(F)C1. The first kappa shape index (κ1) is 22.4. The van der Waals surface area contributed by atoms with Gasteiger partial charge in [0, 0.05) is 36.5 Å². The van der Waals surface area contributed by atoms with Crippen LogP contribution in [0.1, 0.15) is 42.4 Å². The van der Waals surface area contributed by atoms with E-state index >= 15 is 0 Å². The van der Waals surface area contributed by atoms with Crippen LogP contribution in [0, 0.1) is 0 Å². The first-order valence-corrected chi connectivity index (χ1v) is 10.7. The summed E-state index contributed by atoms with van der Waals surface area (Å²) in [5, 5.41) is 4.54. The fraction of sp³-hybridized carbons (Fsp3) is 0.476. The van der Waals surface area contributed by atoms with Crippen LogP contribution >= 0.6 is 0 Å². The molecule has 0 bridgehead atoms. The van der Waals surface area contributed by atoms with Gasteiger partial charge in [0.2, 0.25) is 5.91 Å². The number of hydrogen-bond donors (Lipinski definition) is 0. The second kappa shape index (κ2) is 7.84. The Morgan fingerprint density at radius 3 is 2.76 bits per heavy atom. The van der Waals surface area contributed by atoms with E-state index in [-0.39, 0.29) is 30.0 Å². The standard InChI is InChI=1S/C21H19F5N6O2/c22-20(23)6-8-30(11-20)18(33)14-4-1-5-15-29-31(19(34)32(14)15)10-13-9-12-3-2-7-27-17(12)28-16(13)21(24,25)26/h2-3,7,9,14H,1,4-6,8,10-11H2/t14-/m0/s1. The van der Waals surface area contributed by atoms with Crippen LogP contribution < -0.4 is 5.69 Å². The molecule has 180 valence electrons. The van der Waals surface area contributed by atoms with Gasteiger partial charge in [-0.05, 0) is 31.0 Å². The van der Waals surface area contributed by atoms with Crippen molar-refractivity contribution in [2.75, 3.05) is 13.1 Å². The molecule has 1 fully saturated rings. The Kier molecular flexibility index (Phi) is 5.17. The lowest BCUT2D eigenvalue weighted by atomic mass is 10.0. The Balaban J connectivity index is 1.51. The van der Waals surface area contributed by atoms with Crippen LogP contribution in [0.4, 0.5) is 22.0 Å². The summed E-state index contributed by atoms with van der Waals surface area (Å²) in [5.74, 6) is -3.34. The Bertz CT molecular complexity index is 1330. The van der Waals surface area contributed by atoms with Crippen molar-refractivity contribution in [3.63, 3.8) is 0 Å². The van der Waals surface area contributed by atoms with Crippen molar-refractivity contribution in [1.82, 2.24) is 29.2 Å². The third kappa shape index (κ3) is 3.92. The molecule has 3 aromatic heterocycles. The number of nitrogens with zero attached hydrogens (tertiary/aromatic N) is 6. The summed E-state index contributed by atoms with van der Waals surface area (Å²) in [6, 6.07) is 3.36. The van der Waals surface area contributed by atoms with Gasteiger partial charge in [-0.25, -0.2) is 28.2 Å². The number of hydrogen-bond acceptors (Lipinski definition) is 5. The molecule has 5 heterocycles. The lowest BCUT2D eigenvalue weighted by molar-refractivity contribution is -0.141. The minimum absolute atomic E-state index is 0.0804. The highest BCUT2D eigenvalue weighted by Gasteiger charge is 2.43. The molecule has 8 nitrogen and oxygen atoms in total. The van der Waals surface area contributed by atoms with Gasteiger partial charge in [-0.1, -0.05) is 0 Å². The van der Waals surface area contributed by atoms with Gasteiger partial charge in [0.05, 0.1) is 13.1 Å². The van der Waals surface area contributed by atoms with Crippen LogP contribution in [0.2, 0.25) is 0 Å². The highest BCUT2D eigenvalue weighted by molar-refractivity contribution is 5.81. The number of aromatic nitrogens is 5. The number of amides is 1. The molecular formula is C21H19F5N6O2. The number of halogens is 5. The largest absolute Gasteiger partial charge is 0.433 e. The summed E-state index contributed by atoms with van der Waals surface area (Å²) in [6.45, 7) is -1.35. The summed E-state index contributed by atoms with van der Waals surface area (Å²) in [5.41, 5.74) is -2.29. The molecule has 0 saturated carbocycles. The second-order valence-corrected chi connectivity index (χ2v) is 8.54. The molecule has 0 spiro atoms. The van der Waals surface area contributed by atoms with Gasteiger partial charge in [-0.2, -0.15) is 18.3 Å². The maximum atomic E-state index is 13.7. The lowest BCUT2D eigenvalue weighted by Gasteiger charge is -2.27. The van der Waals surface area contributed by atoms with E-state index in [4.69, 9.17) is 0 Å². The number of carbonyl (C=O) groups is 1. The predicted octanol–water partition coefficient (Wildman–Crippen LogP) is 2.80. The van der Waals surface area contributed by atoms with Gasteiger partial charge in [0.15, 0.2) is 11.3 Å². The number of carbonyl (C=O) groups excluding carboxylic acids is 1.